The van der Waals surface area contributed by atoms with Crippen LogP contribution >= 0.6 is 11.6 Å². The quantitative estimate of drug-likeness (QED) is 0.310. The van der Waals surface area contributed by atoms with Crippen molar-refractivity contribution < 1.29 is 9.59 Å². The van der Waals surface area contributed by atoms with Crippen LogP contribution in [-0.2, 0) is 4.79 Å². The largest absolute Gasteiger partial charge is 0.352 e. The summed E-state index contributed by atoms with van der Waals surface area (Å²) in [7, 11) is 0. The Balaban J connectivity index is 1.66. The Morgan fingerprint density at radius 2 is 1.82 bits per heavy atom. The summed E-state index contributed by atoms with van der Waals surface area (Å²) >= 11 is 6.36. The molecule has 4 atom stereocenters. The number of carbonyl (C=O) groups is 2. The number of nitrogens with one attached hydrogen (secondary N) is 1. The third kappa shape index (κ3) is 7.37. The van der Waals surface area contributed by atoms with Gasteiger partial charge >= 0.3 is 0 Å². The van der Waals surface area contributed by atoms with Crippen molar-refractivity contribution >= 4 is 23.3 Å². The van der Waals surface area contributed by atoms with Crippen molar-refractivity contribution in [2.75, 3.05) is 6.54 Å². The second-order valence-electron chi connectivity index (χ2n) is 10.7. The molecule has 4 unspecified atom stereocenters. The first-order chi connectivity index (χ1) is 18.9. The first kappa shape index (κ1) is 28.6. The number of allylic oxidation sites excluding steroid dienone is 12. The number of ketones is 1. The molecule has 39 heavy (non-hydrogen) atoms. The number of hydrogen-bond donors (Lipinski definition) is 1. The molecule has 0 aromatic heterocycles. The molecule has 5 heteroatoms. The van der Waals surface area contributed by atoms with E-state index in [1.54, 1.807) is 0 Å². The van der Waals surface area contributed by atoms with Gasteiger partial charge in [0.05, 0.1) is 6.07 Å². The van der Waals surface area contributed by atoms with Crippen LogP contribution in [-0.4, -0.2) is 18.2 Å². The third-order valence-corrected chi connectivity index (χ3v) is 8.18. The van der Waals surface area contributed by atoms with Gasteiger partial charge in [-0.25, -0.2) is 0 Å². The molecule has 4 nitrogen and oxygen atoms in total. The van der Waals surface area contributed by atoms with Crippen molar-refractivity contribution in [3.63, 3.8) is 0 Å². The van der Waals surface area contributed by atoms with Crippen LogP contribution in [0.2, 0.25) is 0 Å². The molecule has 0 radical (unpaired) electrons. The van der Waals surface area contributed by atoms with Crippen molar-refractivity contribution in [1.29, 1.82) is 5.26 Å². The van der Waals surface area contributed by atoms with Gasteiger partial charge in [0.15, 0.2) is 0 Å². The fourth-order valence-electron chi connectivity index (χ4n) is 5.73. The molecule has 202 valence electrons. The van der Waals surface area contributed by atoms with E-state index in [1.807, 2.05) is 24.3 Å². The predicted octanol–water partition coefficient (Wildman–Crippen LogP) is 7.88. The van der Waals surface area contributed by atoms with E-state index in [0.29, 0.717) is 18.5 Å². The zero-order valence-corrected chi connectivity index (χ0v) is 23.6. The lowest BCUT2D eigenvalue weighted by atomic mass is 9.69. The lowest BCUT2D eigenvalue weighted by Crippen LogP contribution is -2.26. The summed E-state index contributed by atoms with van der Waals surface area (Å²) < 4.78 is 0. The number of amides is 1. The number of fused-ring (bicyclic) bond motifs is 1. The minimum atomic E-state index is -0.155. The zero-order chi connectivity index (χ0) is 27.8. The Bertz CT molecular complexity index is 1300. The van der Waals surface area contributed by atoms with Gasteiger partial charge in [-0.1, -0.05) is 85.5 Å². The molecule has 0 aliphatic heterocycles. The highest BCUT2D eigenvalue weighted by Crippen LogP contribution is 2.45. The molecular formula is C34H37ClN2O2. The van der Waals surface area contributed by atoms with Crippen molar-refractivity contribution in [2.45, 2.75) is 58.3 Å². The monoisotopic (exact) mass is 540 g/mol. The van der Waals surface area contributed by atoms with Crippen LogP contribution in [0, 0.1) is 29.1 Å². The van der Waals surface area contributed by atoms with Crippen LogP contribution in [0.25, 0.3) is 0 Å². The highest BCUT2D eigenvalue weighted by Gasteiger charge is 2.32. The maximum atomic E-state index is 12.6. The summed E-state index contributed by atoms with van der Waals surface area (Å²) in [4.78, 5) is 23.8. The van der Waals surface area contributed by atoms with E-state index in [1.165, 1.54) is 23.6 Å². The molecule has 0 saturated heterocycles. The number of nitriles is 1. The van der Waals surface area contributed by atoms with Crippen LogP contribution in [0.15, 0.2) is 94.6 Å². The highest BCUT2D eigenvalue weighted by atomic mass is 35.5. The molecule has 4 rings (SSSR count). The Kier molecular flexibility index (Phi) is 9.96. The van der Waals surface area contributed by atoms with Gasteiger partial charge in [0, 0.05) is 46.9 Å². The summed E-state index contributed by atoms with van der Waals surface area (Å²) in [5.74, 6) is 0.795. The SMILES string of the molecule is CCCCC(c1ccc(C(=O)NCCC(C)=O)cc1)C(C1=CC2C=CC(C#N)=CC2C=C1)C1=CC=C(Cl)CC1. The smallest absolute Gasteiger partial charge is 0.251 e. The van der Waals surface area contributed by atoms with Crippen molar-refractivity contribution in [1.82, 2.24) is 5.32 Å². The Morgan fingerprint density at radius 1 is 1.08 bits per heavy atom. The van der Waals surface area contributed by atoms with Crippen LogP contribution in [0.1, 0.15) is 74.2 Å². The molecule has 0 fully saturated rings. The minimum absolute atomic E-state index is 0.0613. The standard InChI is InChI=1S/C34H37ClN2O2/c1-3-4-5-32(25-8-10-27(11-9-25)34(39)37-19-18-23(2)38)33(26-14-16-31(35)17-15-26)30-13-12-28-20-24(22-36)6-7-29(28)21-30/h6-14,16,20-21,28-29,32-33H,3-5,15,17-19H2,1-2H3,(H,37,39). The maximum absolute atomic E-state index is 12.6. The van der Waals surface area contributed by atoms with Gasteiger partial charge in [0.25, 0.3) is 5.91 Å². The molecule has 0 saturated carbocycles. The van der Waals surface area contributed by atoms with Crippen molar-refractivity contribution in [3.05, 3.63) is 106 Å². The number of rotatable bonds is 11. The van der Waals surface area contributed by atoms with E-state index < -0.39 is 0 Å². The number of nitrogens with zero attached hydrogens (tertiary/aromatic N) is 1. The second kappa shape index (κ2) is 13.6. The van der Waals surface area contributed by atoms with Crippen molar-refractivity contribution in [2.24, 2.45) is 17.8 Å². The molecule has 1 N–H and O–H groups in total. The van der Waals surface area contributed by atoms with E-state index in [0.717, 1.165) is 42.7 Å². The fourth-order valence-corrected chi connectivity index (χ4v) is 5.88. The van der Waals surface area contributed by atoms with Crippen LogP contribution in [0.4, 0.5) is 0 Å². The summed E-state index contributed by atoms with van der Waals surface area (Å²) in [5.41, 5.74) is 5.23. The average molecular weight is 541 g/mol. The number of halogens is 1. The minimum Gasteiger partial charge on any atom is -0.352 e. The van der Waals surface area contributed by atoms with Gasteiger partial charge < -0.3 is 5.32 Å². The lowest BCUT2D eigenvalue weighted by molar-refractivity contribution is -0.116. The van der Waals surface area contributed by atoms with Gasteiger partial charge in [0.1, 0.15) is 5.78 Å². The Labute approximate surface area is 237 Å². The number of Topliss-reactive ketones (excluding diaryl/α,β-unsaturated/α-hetero) is 1. The van der Waals surface area contributed by atoms with Gasteiger partial charge in [0.2, 0.25) is 0 Å². The van der Waals surface area contributed by atoms with Gasteiger partial charge in [-0.2, -0.15) is 5.26 Å². The first-order valence-corrected chi connectivity index (χ1v) is 14.4. The Morgan fingerprint density at radius 3 is 2.49 bits per heavy atom. The summed E-state index contributed by atoms with van der Waals surface area (Å²) in [6.07, 6.45) is 22.6. The van der Waals surface area contributed by atoms with E-state index in [-0.39, 0.29) is 35.4 Å². The lowest BCUT2D eigenvalue weighted by Gasteiger charge is -2.35. The van der Waals surface area contributed by atoms with Crippen molar-refractivity contribution in [3.8, 4) is 6.07 Å². The first-order valence-electron chi connectivity index (χ1n) is 14.0. The summed E-state index contributed by atoms with van der Waals surface area (Å²) in [6, 6.07) is 10.3. The summed E-state index contributed by atoms with van der Waals surface area (Å²) in [5, 5.41) is 13.1. The molecule has 1 aromatic rings. The molecule has 0 spiro atoms. The van der Waals surface area contributed by atoms with E-state index in [9.17, 15) is 14.9 Å². The van der Waals surface area contributed by atoms with E-state index in [4.69, 9.17) is 11.6 Å². The van der Waals surface area contributed by atoms with E-state index in [2.05, 4.69) is 66.9 Å². The zero-order valence-electron chi connectivity index (χ0n) is 22.8. The normalized spacial score (nSPS) is 21.4. The molecule has 0 bridgehead atoms. The van der Waals surface area contributed by atoms with Gasteiger partial charge in [-0.15, -0.1) is 0 Å². The Hall–Kier alpha value is -3.42. The van der Waals surface area contributed by atoms with Gasteiger partial charge in [-0.05, 0) is 67.5 Å². The maximum Gasteiger partial charge on any atom is 0.251 e. The molecular weight excluding hydrogens is 504 g/mol. The van der Waals surface area contributed by atoms with Crippen LogP contribution in [0.3, 0.4) is 0 Å². The number of carbonyl (C=O) groups excluding carboxylic acids is 2. The fraction of sp³-hybridized carbons (Fsp3) is 0.382. The molecule has 3 aliphatic carbocycles. The molecule has 1 amide bonds. The number of unbranched alkanes of at least 4 members (excludes halogenated alkanes) is 1. The highest BCUT2D eigenvalue weighted by molar-refractivity contribution is 6.29. The molecule has 1 aromatic carbocycles. The predicted molar refractivity (Wildman–Crippen MR) is 158 cm³/mol. The van der Waals surface area contributed by atoms with Gasteiger partial charge in [-0.3, -0.25) is 9.59 Å². The topological polar surface area (TPSA) is 70.0 Å². The average Bonchev–Trinajstić information content (AvgIpc) is 2.95. The molecule has 3 aliphatic rings. The van der Waals surface area contributed by atoms with E-state index >= 15 is 0 Å². The summed E-state index contributed by atoms with van der Waals surface area (Å²) in [6.45, 7) is 4.10. The van der Waals surface area contributed by atoms with Crippen LogP contribution in [0.5, 0.6) is 0 Å². The third-order valence-electron chi connectivity index (χ3n) is 7.86. The molecule has 0 heterocycles. The number of benzene rings is 1. The van der Waals surface area contributed by atoms with Crippen LogP contribution < -0.4 is 5.32 Å². The number of hydrogen-bond acceptors (Lipinski definition) is 3. The second-order valence-corrected chi connectivity index (χ2v) is 11.2.